The fraction of sp³-hybridized carbons (Fsp3) is 0.286. The summed E-state index contributed by atoms with van der Waals surface area (Å²) in [5, 5.41) is 8.32. The van der Waals surface area contributed by atoms with Gasteiger partial charge in [-0.2, -0.15) is 0 Å². The Labute approximate surface area is 164 Å². The molecule has 1 aromatic heterocycles. The van der Waals surface area contributed by atoms with Crippen LogP contribution in [0.25, 0.3) is 0 Å². The first-order chi connectivity index (χ1) is 13.7. The molecule has 7 nitrogen and oxygen atoms in total. The Bertz CT molecular complexity index is 829. The van der Waals surface area contributed by atoms with Crippen LogP contribution in [0.3, 0.4) is 0 Å². The largest absolute Gasteiger partial charge is 0.357 e. The number of anilines is 2. The Morgan fingerprint density at radius 1 is 1.11 bits per heavy atom. The van der Waals surface area contributed by atoms with E-state index in [9.17, 15) is 9.59 Å². The highest BCUT2D eigenvalue weighted by atomic mass is 16.2. The first-order valence-electron chi connectivity index (χ1n) is 9.39. The van der Waals surface area contributed by atoms with Crippen molar-refractivity contribution in [2.45, 2.75) is 19.4 Å². The maximum Gasteiger partial charge on any atom is 0.319 e. The Balaban J connectivity index is 1.49. The van der Waals surface area contributed by atoms with Gasteiger partial charge in [-0.1, -0.05) is 6.08 Å². The second kappa shape index (κ2) is 9.55. The number of amides is 3. The maximum atomic E-state index is 12.1. The number of hydrogen-bond donors (Lipinski definition) is 3. The van der Waals surface area contributed by atoms with E-state index in [1.54, 1.807) is 36.5 Å². The van der Waals surface area contributed by atoms with Crippen LogP contribution in [-0.2, 0) is 6.54 Å². The van der Waals surface area contributed by atoms with Crippen molar-refractivity contribution < 1.29 is 9.59 Å². The molecule has 0 unspecified atom stereocenters. The van der Waals surface area contributed by atoms with Gasteiger partial charge in [0.15, 0.2) is 0 Å². The van der Waals surface area contributed by atoms with Gasteiger partial charge >= 0.3 is 6.03 Å². The number of benzene rings is 1. The molecule has 3 N–H and O–H groups in total. The zero-order chi connectivity index (χ0) is 19.8. The predicted octanol–water partition coefficient (Wildman–Crippen LogP) is 2.92. The van der Waals surface area contributed by atoms with Crippen molar-refractivity contribution in [3.8, 4) is 0 Å². The molecule has 0 radical (unpaired) electrons. The van der Waals surface area contributed by atoms with E-state index in [-0.39, 0.29) is 11.9 Å². The summed E-state index contributed by atoms with van der Waals surface area (Å²) in [6.07, 6.45) is 5.79. The van der Waals surface area contributed by atoms with Crippen LogP contribution in [0.2, 0.25) is 0 Å². The Hall–Kier alpha value is -3.35. The van der Waals surface area contributed by atoms with Crippen molar-refractivity contribution in [3.05, 3.63) is 66.4 Å². The molecule has 2 aromatic rings. The van der Waals surface area contributed by atoms with Crippen molar-refractivity contribution in [3.63, 3.8) is 0 Å². The standard InChI is InChI=1S/C21H25N5O2/c1-2-10-23-20(27)17-5-7-18(8-6-17)25-21(28)24-15-16-9-11-22-19(14-16)26-12-3-4-13-26/h2,5-9,11,14H,1,3-4,10,12-13,15H2,(H,23,27)(H2,24,25,28). The van der Waals surface area contributed by atoms with Crippen molar-refractivity contribution in [2.24, 2.45) is 0 Å². The topological polar surface area (TPSA) is 86.4 Å². The molecule has 1 aliphatic rings. The molecule has 1 saturated heterocycles. The molecule has 0 aliphatic carbocycles. The number of urea groups is 1. The van der Waals surface area contributed by atoms with Crippen LogP contribution in [0.4, 0.5) is 16.3 Å². The lowest BCUT2D eigenvalue weighted by Gasteiger charge is -2.17. The Kier molecular flexibility index (Phi) is 6.62. The lowest BCUT2D eigenvalue weighted by Crippen LogP contribution is -2.28. The third-order valence-electron chi connectivity index (χ3n) is 4.50. The van der Waals surface area contributed by atoms with E-state index in [1.165, 1.54) is 12.8 Å². The third kappa shape index (κ3) is 5.33. The average molecular weight is 379 g/mol. The number of rotatable bonds is 7. The number of hydrogen-bond acceptors (Lipinski definition) is 4. The van der Waals surface area contributed by atoms with E-state index in [4.69, 9.17) is 0 Å². The molecule has 2 heterocycles. The van der Waals surface area contributed by atoms with Crippen LogP contribution in [0, 0.1) is 0 Å². The van der Waals surface area contributed by atoms with Gasteiger partial charge in [-0.3, -0.25) is 4.79 Å². The molecule has 146 valence electrons. The summed E-state index contributed by atoms with van der Waals surface area (Å²) >= 11 is 0. The van der Waals surface area contributed by atoms with E-state index in [1.807, 2.05) is 12.1 Å². The SMILES string of the molecule is C=CCNC(=O)c1ccc(NC(=O)NCc2ccnc(N3CCCC3)c2)cc1. The number of carbonyl (C=O) groups is 2. The molecule has 7 heteroatoms. The molecule has 0 saturated carbocycles. The van der Waals surface area contributed by atoms with Crippen LogP contribution >= 0.6 is 0 Å². The molecule has 3 amide bonds. The molecule has 28 heavy (non-hydrogen) atoms. The van der Waals surface area contributed by atoms with Gasteiger partial charge in [0.25, 0.3) is 5.91 Å². The summed E-state index contributed by atoms with van der Waals surface area (Å²) in [7, 11) is 0. The lowest BCUT2D eigenvalue weighted by molar-refractivity contribution is 0.0958. The molecular weight excluding hydrogens is 354 g/mol. The summed E-state index contributed by atoms with van der Waals surface area (Å²) in [4.78, 5) is 30.7. The zero-order valence-corrected chi connectivity index (χ0v) is 15.8. The number of nitrogens with one attached hydrogen (secondary N) is 3. The molecule has 1 fully saturated rings. The highest BCUT2D eigenvalue weighted by Gasteiger charge is 2.13. The van der Waals surface area contributed by atoms with E-state index in [0.29, 0.717) is 24.3 Å². The summed E-state index contributed by atoms with van der Waals surface area (Å²) in [5.41, 5.74) is 2.14. The van der Waals surface area contributed by atoms with Gasteiger partial charge in [0.05, 0.1) is 0 Å². The molecule has 1 aliphatic heterocycles. The molecule has 0 spiro atoms. The monoisotopic (exact) mass is 379 g/mol. The number of pyridine rings is 1. The number of carbonyl (C=O) groups excluding carboxylic acids is 2. The van der Waals surface area contributed by atoms with Crippen molar-refractivity contribution in [2.75, 3.05) is 29.9 Å². The summed E-state index contributed by atoms with van der Waals surface area (Å²) in [5.74, 6) is 0.782. The second-order valence-corrected chi connectivity index (χ2v) is 6.60. The van der Waals surface area contributed by atoms with Crippen molar-refractivity contribution >= 4 is 23.4 Å². The molecular formula is C21H25N5O2. The van der Waals surface area contributed by atoms with E-state index >= 15 is 0 Å². The average Bonchev–Trinajstić information content (AvgIpc) is 3.26. The highest BCUT2D eigenvalue weighted by molar-refractivity contribution is 5.95. The van der Waals surface area contributed by atoms with Gasteiger partial charge < -0.3 is 20.9 Å². The van der Waals surface area contributed by atoms with E-state index in [2.05, 4.69) is 32.4 Å². The molecule has 0 atom stereocenters. The minimum absolute atomic E-state index is 0.178. The van der Waals surface area contributed by atoms with Crippen LogP contribution in [0.5, 0.6) is 0 Å². The third-order valence-corrected chi connectivity index (χ3v) is 4.50. The van der Waals surface area contributed by atoms with Crippen molar-refractivity contribution in [1.29, 1.82) is 0 Å². The fourth-order valence-corrected chi connectivity index (χ4v) is 3.02. The van der Waals surface area contributed by atoms with Gasteiger partial charge in [0.2, 0.25) is 0 Å². The molecule has 0 bridgehead atoms. The first-order valence-corrected chi connectivity index (χ1v) is 9.39. The van der Waals surface area contributed by atoms with Crippen molar-refractivity contribution in [1.82, 2.24) is 15.6 Å². The highest BCUT2D eigenvalue weighted by Crippen LogP contribution is 2.18. The zero-order valence-electron chi connectivity index (χ0n) is 15.8. The van der Waals surface area contributed by atoms with Gasteiger partial charge in [-0.25, -0.2) is 9.78 Å². The fourth-order valence-electron chi connectivity index (χ4n) is 3.02. The van der Waals surface area contributed by atoms with Gasteiger partial charge in [-0.15, -0.1) is 6.58 Å². The lowest BCUT2D eigenvalue weighted by atomic mass is 10.2. The molecule has 3 rings (SSSR count). The predicted molar refractivity (Wildman–Crippen MR) is 111 cm³/mol. The molecule has 1 aromatic carbocycles. The quantitative estimate of drug-likeness (QED) is 0.646. The van der Waals surface area contributed by atoms with Crippen LogP contribution < -0.4 is 20.9 Å². The minimum atomic E-state index is -0.302. The number of aromatic nitrogens is 1. The minimum Gasteiger partial charge on any atom is -0.357 e. The van der Waals surface area contributed by atoms with Crippen LogP contribution in [-0.4, -0.2) is 36.6 Å². The Morgan fingerprint density at radius 3 is 2.57 bits per heavy atom. The normalized spacial score (nSPS) is 13.1. The second-order valence-electron chi connectivity index (χ2n) is 6.60. The smallest absolute Gasteiger partial charge is 0.319 e. The summed E-state index contributed by atoms with van der Waals surface area (Å²) in [6, 6.07) is 10.3. The first kappa shape index (κ1) is 19.4. The Morgan fingerprint density at radius 2 is 1.86 bits per heavy atom. The number of nitrogens with zero attached hydrogens (tertiary/aromatic N) is 2. The van der Waals surface area contributed by atoms with Crippen LogP contribution in [0.15, 0.2) is 55.3 Å². The summed E-state index contributed by atoms with van der Waals surface area (Å²) < 4.78 is 0. The maximum absolute atomic E-state index is 12.1. The van der Waals surface area contributed by atoms with Crippen LogP contribution in [0.1, 0.15) is 28.8 Å². The van der Waals surface area contributed by atoms with Gasteiger partial charge in [0.1, 0.15) is 5.82 Å². The summed E-state index contributed by atoms with van der Waals surface area (Å²) in [6.45, 7) is 6.46. The van der Waals surface area contributed by atoms with E-state index in [0.717, 1.165) is 24.5 Å². The van der Waals surface area contributed by atoms with E-state index < -0.39 is 0 Å². The van der Waals surface area contributed by atoms with Gasteiger partial charge in [-0.05, 0) is 54.8 Å². The van der Waals surface area contributed by atoms with Gasteiger partial charge in [0, 0.05) is 43.6 Å².